The smallest absolute Gasteiger partial charge is 0.174 e. The zero-order valence-electron chi connectivity index (χ0n) is 19.7. The third-order valence-corrected chi connectivity index (χ3v) is 7.66. The Morgan fingerprint density at radius 2 is 1.61 bits per heavy atom. The van der Waals surface area contributed by atoms with E-state index in [1.807, 2.05) is 24.3 Å². The van der Waals surface area contributed by atoms with E-state index in [-0.39, 0.29) is 17.7 Å². The largest absolute Gasteiger partial charge is 0.497 e. The van der Waals surface area contributed by atoms with Crippen LogP contribution < -0.4 is 4.74 Å². The number of allylic oxidation sites excluding steroid dienone is 1. The predicted molar refractivity (Wildman–Crippen MR) is 142 cm³/mol. The molecule has 0 fully saturated rings. The van der Waals surface area contributed by atoms with Crippen molar-refractivity contribution in [3.8, 4) is 5.75 Å². The first-order chi connectivity index (χ1) is 17.6. The molecule has 0 saturated carbocycles. The van der Waals surface area contributed by atoms with Crippen LogP contribution in [0.2, 0.25) is 0 Å². The van der Waals surface area contributed by atoms with Crippen LogP contribution in [0.15, 0.2) is 100 Å². The standard InChI is InChI=1S/C30H24F2N2OS/c1-35-25-15-9-20(10-16-25)27-18-36-30-33-28-22(17-19-5-11-23(31)12-6-19)3-2-4-26(28)29(34(27)30)21-7-13-24(32)14-8-21/h5-18,29H,2-4H2,1H3/b22-17+. The van der Waals surface area contributed by atoms with Crippen molar-refractivity contribution >= 4 is 28.7 Å². The van der Waals surface area contributed by atoms with Gasteiger partial charge in [-0.2, -0.15) is 0 Å². The van der Waals surface area contributed by atoms with Crippen LogP contribution in [0.4, 0.5) is 8.78 Å². The molecule has 3 aromatic carbocycles. The van der Waals surface area contributed by atoms with Crippen molar-refractivity contribution in [1.29, 1.82) is 0 Å². The van der Waals surface area contributed by atoms with Gasteiger partial charge in [0, 0.05) is 5.41 Å². The van der Waals surface area contributed by atoms with Gasteiger partial charge in [-0.15, -0.1) is 0 Å². The van der Waals surface area contributed by atoms with E-state index in [9.17, 15) is 8.78 Å². The molecule has 36 heavy (non-hydrogen) atoms. The lowest BCUT2D eigenvalue weighted by atomic mass is 9.82. The number of ether oxygens (including phenoxy) is 1. The predicted octanol–water partition coefficient (Wildman–Crippen LogP) is 7.95. The van der Waals surface area contributed by atoms with E-state index in [0.29, 0.717) is 0 Å². The minimum Gasteiger partial charge on any atom is -0.497 e. The number of hydrogen-bond acceptors (Lipinski definition) is 4. The first-order valence-electron chi connectivity index (χ1n) is 11.9. The van der Waals surface area contributed by atoms with Gasteiger partial charge in [-0.1, -0.05) is 36.0 Å². The molecule has 0 radical (unpaired) electrons. The van der Waals surface area contributed by atoms with Gasteiger partial charge in [-0.25, -0.2) is 13.8 Å². The third kappa shape index (κ3) is 4.16. The average molecular weight is 499 g/mol. The van der Waals surface area contributed by atoms with Crippen molar-refractivity contribution in [1.82, 2.24) is 4.90 Å². The molecular formula is C30H24F2N2OS. The highest BCUT2D eigenvalue weighted by Gasteiger charge is 2.40. The molecule has 1 unspecified atom stereocenters. The Balaban J connectivity index is 1.47. The highest BCUT2D eigenvalue weighted by Crippen LogP contribution is 2.51. The van der Waals surface area contributed by atoms with E-state index >= 15 is 0 Å². The highest BCUT2D eigenvalue weighted by atomic mass is 32.2. The number of nitrogens with zero attached hydrogens (tertiary/aromatic N) is 2. The second-order valence-electron chi connectivity index (χ2n) is 9.02. The van der Waals surface area contributed by atoms with Gasteiger partial charge in [0.25, 0.3) is 0 Å². The van der Waals surface area contributed by atoms with E-state index in [1.165, 1.54) is 29.8 Å². The summed E-state index contributed by atoms with van der Waals surface area (Å²) in [4.78, 5) is 7.43. The van der Waals surface area contributed by atoms with Gasteiger partial charge in [0.1, 0.15) is 17.4 Å². The zero-order valence-corrected chi connectivity index (χ0v) is 20.6. The lowest BCUT2D eigenvalue weighted by molar-refractivity contribution is 0.414. The maximum absolute atomic E-state index is 13.9. The topological polar surface area (TPSA) is 24.8 Å². The number of amidine groups is 1. The van der Waals surface area contributed by atoms with Gasteiger partial charge < -0.3 is 9.64 Å². The summed E-state index contributed by atoms with van der Waals surface area (Å²) < 4.78 is 32.7. The molecule has 0 aromatic heterocycles. The Morgan fingerprint density at radius 3 is 2.31 bits per heavy atom. The van der Waals surface area contributed by atoms with E-state index in [0.717, 1.165) is 63.8 Å². The molecule has 0 N–H and O–H groups in total. The first-order valence-corrected chi connectivity index (χ1v) is 12.8. The van der Waals surface area contributed by atoms with Crippen LogP contribution in [0.3, 0.4) is 0 Å². The molecule has 0 bridgehead atoms. The third-order valence-electron chi connectivity index (χ3n) is 6.82. The normalized spacial score (nSPS) is 20.1. The van der Waals surface area contributed by atoms with Gasteiger partial charge in [-0.05, 0) is 102 Å². The quantitative estimate of drug-likeness (QED) is 0.365. The maximum Gasteiger partial charge on any atom is 0.174 e. The van der Waals surface area contributed by atoms with Crippen LogP contribution in [0.25, 0.3) is 11.8 Å². The summed E-state index contributed by atoms with van der Waals surface area (Å²) in [5, 5.41) is 3.04. The van der Waals surface area contributed by atoms with Gasteiger partial charge in [0.15, 0.2) is 5.17 Å². The van der Waals surface area contributed by atoms with Gasteiger partial charge >= 0.3 is 0 Å². The molecule has 6 heteroatoms. The molecule has 0 saturated heterocycles. The summed E-state index contributed by atoms with van der Waals surface area (Å²) in [7, 11) is 1.66. The fraction of sp³-hybridized carbons (Fsp3) is 0.167. The summed E-state index contributed by atoms with van der Waals surface area (Å²) in [5.74, 6) is 0.311. The molecule has 180 valence electrons. The van der Waals surface area contributed by atoms with E-state index < -0.39 is 0 Å². The summed E-state index contributed by atoms with van der Waals surface area (Å²) in [6, 6.07) is 21.3. The Hall–Kier alpha value is -3.64. The van der Waals surface area contributed by atoms with Crippen LogP contribution in [0.1, 0.15) is 42.0 Å². The van der Waals surface area contributed by atoms with Crippen LogP contribution in [0.5, 0.6) is 5.75 Å². The highest BCUT2D eigenvalue weighted by molar-refractivity contribution is 8.16. The lowest BCUT2D eigenvalue weighted by Crippen LogP contribution is -2.34. The van der Waals surface area contributed by atoms with Crippen molar-refractivity contribution in [2.45, 2.75) is 25.3 Å². The van der Waals surface area contributed by atoms with Crippen LogP contribution in [-0.4, -0.2) is 17.2 Å². The van der Waals surface area contributed by atoms with Gasteiger partial charge in [0.05, 0.1) is 24.5 Å². The molecule has 3 aromatic rings. The molecule has 0 spiro atoms. The average Bonchev–Trinajstić information content (AvgIpc) is 3.33. The number of thioether (sulfide) groups is 1. The van der Waals surface area contributed by atoms with Crippen LogP contribution in [-0.2, 0) is 0 Å². The Labute approximate surface area is 213 Å². The fourth-order valence-electron chi connectivity index (χ4n) is 5.09. The zero-order chi connectivity index (χ0) is 24.6. The molecule has 1 aliphatic carbocycles. The van der Waals surface area contributed by atoms with Crippen molar-refractivity contribution < 1.29 is 13.5 Å². The molecule has 0 amide bonds. The van der Waals surface area contributed by atoms with Gasteiger partial charge in [-0.3, -0.25) is 0 Å². The van der Waals surface area contributed by atoms with E-state index in [4.69, 9.17) is 9.73 Å². The van der Waals surface area contributed by atoms with Gasteiger partial charge in [0.2, 0.25) is 0 Å². The number of rotatable bonds is 4. The fourth-order valence-corrected chi connectivity index (χ4v) is 6.02. The van der Waals surface area contributed by atoms with Crippen molar-refractivity contribution in [2.75, 3.05) is 7.11 Å². The van der Waals surface area contributed by atoms with Crippen LogP contribution >= 0.6 is 11.8 Å². The monoisotopic (exact) mass is 498 g/mol. The number of fused-ring (bicyclic) bond motifs is 1. The van der Waals surface area contributed by atoms with Crippen molar-refractivity contribution in [2.24, 2.45) is 4.99 Å². The molecule has 2 aliphatic heterocycles. The minimum atomic E-state index is -0.250. The molecule has 2 heterocycles. The van der Waals surface area contributed by atoms with Crippen LogP contribution in [0, 0.1) is 11.6 Å². The summed E-state index contributed by atoms with van der Waals surface area (Å²) in [5.41, 5.74) is 7.51. The van der Waals surface area contributed by atoms with E-state index in [2.05, 4.69) is 28.5 Å². The second kappa shape index (κ2) is 9.43. The number of halogens is 2. The number of methoxy groups -OCH3 is 1. The SMILES string of the molecule is COc1ccc(C2=CSC3=NC4=C(CCC/C4=C\c4ccc(F)cc4)C(c4ccc(F)cc4)N23)cc1. The Kier molecular flexibility index (Phi) is 5.97. The van der Waals surface area contributed by atoms with Crippen molar-refractivity contribution in [3.63, 3.8) is 0 Å². The summed E-state index contributed by atoms with van der Waals surface area (Å²) in [6.45, 7) is 0. The molecule has 6 rings (SSSR count). The molecule has 3 nitrogen and oxygen atoms in total. The lowest BCUT2D eigenvalue weighted by Gasteiger charge is -2.40. The Morgan fingerprint density at radius 1 is 0.917 bits per heavy atom. The number of aliphatic imine (C=N–C) groups is 1. The summed E-state index contributed by atoms with van der Waals surface area (Å²) in [6.07, 6.45) is 4.93. The second-order valence-corrected chi connectivity index (χ2v) is 9.85. The Bertz CT molecular complexity index is 1420. The molecule has 3 aliphatic rings. The van der Waals surface area contributed by atoms with Crippen molar-refractivity contribution in [3.05, 3.63) is 123 Å². The molecular weight excluding hydrogens is 474 g/mol. The minimum absolute atomic E-state index is 0.0895. The first kappa shape index (κ1) is 22.8. The number of hydrogen-bond donors (Lipinski definition) is 0. The summed E-state index contributed by atoms with van der Waals surface area (Å²) >= 11 is 1.60. The van der Waals surface area contributed by atoms with E-state index in [1.54, 1.807) is 31.0 Å². The maximum atomic E-state index is 13.9. The molecule has 1 atom stereocenters. The number of benzene rings is 3.